The molecular formula is C11H14N2O3. The van der Waals surface area contributed by atoms with Crippen molar-refractivity contribution in [2.45, 2.75) is 26.3 Å². The Kier molecular flexibility index (Phi) is 3.99. The van der Waals surface area contributed by atoms with Gasteiger partial charge < -0.3 is 10.4 Å². The molecule has 5 heteroatoms. The van der Waals surface area contributed by atoms with Crippen LogP contribution in [0.15, 0.2) is 18.3 Å². The Labute approximate surface area is 93.5 Å². The molecule has 1 rings (SSSR count). The van der Waals surface area contributed by atoms with Crippen molar-refractivity contribution in [1.29, 1.82) is 0 Å². The topological polar surface area (TPSA) is 79.3 Å². The van der Waals surface area contributed by atoms with E-state index in [-0.39, 0.29) is 12.3 Å². The molecule has 0 aliphatic rings. The third-order valence-corrected chi connectivity index (χ3v) is 2.09. The number of carboxylic acids is 1. The average Bonchev–Trinajstić information content (AvgIpc) is 2.21. The monoisotopic (exact) mass is 222 g/mol. The Morgan fingerprint density at radius 3 is 2.69 bits per heavy atom. The van der Waals surface area contributed by atoms with Gasteiger partial charge in [-0.2, -0.15) is 0 Å². The van der Waals surface area contributed by atoms with Gasteiger partial charge in [-0.1, -0.05) is 6.07 Å². The van der Waals surface area contributed by atoms with Crippen molar-refractivity contribution in [2.24, 2.45) is 0 Å². The van der Waals surface area contributed by atoms with Crippen molar-refractivity contribution in [3.63, 3.8) is 0 Å². The summed E-state index contributed by atoms with van der Waals surface area (Å²) in [6.45, 7) is 3.28. The number of hydrogen-bond acceptors (Lipinski definition) is 3. The fourth-order valence-electron chi connectivity index (χ4n) is 1.14. The Morgan fingerprint density at radius 2 is 2.19 bits per heavy atom. The number of aryl methyl sites for hydroxylation is 1. The van der Waals surface area contributed by atoms with Crippen molar-refractivity contribution < 1.29 is 14.7 Å². The van der Waals surface area contributed by atoms with Crippen LogP contribution in [0.4, 0.5) is 0 Å². The summed E-state index contributed by atoms with van der Waals surface area (Å²) in [5.41, 5.74) is 1.64. The molecule has 0 saturated heterocycles. The van der Waals surface area contributed by atoms with Crippen LogP contribution in [0.5, 0.6) is 0 Å². The van der Waals surface area contributed by atoms with Gasteiger partial charge >= 0.3 is 5.97 Å². The normalized spacial score (nSPS) is 11.9. The second-order valence-electron chi connectivity index (χ2n) is 3.61. The van der Waals surface area contributed by atoms with Crippen molar-refractivity contribution in [3.05, 3.63) is 29.6 Å². The van der Waals surface area contributed by atoms with Gasteiger partial charge in [-0.3, -0.25) is 14.6 Å². The van der Waals surface area contributed by atoms with Crippen LogP contribution in [0, 0.1) is 6.92 Å². The molecule has 0 fully saturated rings. The third-order valence-electron chi connectivity index (χ3n) is 2.09. The number of amides is 1. The highest BCUT2D eigenvalue weighted by molar-refractivity contribution is 5.84. The fraction of sp³-hybridized carbons (Fsp3) is 0.364. The zero-order valence-corrected chi connectivity index (χ0v) is 9.23. The molecule has 0 aliphatic heterocycles. The summed E-state index contributed by atoms with van der Waals surface area (Å²) >= 11 is 0. The van der Waals surface area contributed by atoms with Crippen LogP contribution in [0.1, 0.15) is 18.2 Å². The first-order valence-corrected chi connectivity index (χ1v) is 4.92. The van der Waals surface area contributed by atoms with Gasteiger partial charge in [0, 0.05) is 11.9 Å². The van der Waals surface area contributed by atoms with Crippen LogP contribution in [-0.4, -0.2) is 28.0 Å². The van der Waals surface area contributed by atoms with Crippen LogP contribution in [0.3, 0.4) is 0 Å². The van der Waals surface area contributed by atoms with Crippen molar-refractivity contribution in [1.82, 2.24) is 10.3 Å². The zero-order valence-electron chi connectivity index (χ0n) is 9.23. The first kappa shape index (κ1) is 12.2. The van der Waals surface area contributed by atoms with E-state index in [1.807, 2.05) is 13.0 Å². The van der Waals surface area contributed by atoms with E-state index < -0.39 is 12.0 Å². The molecule has 16 heavy (non-hydrogen) atoms. The Balaban J connectivity index is 2.52. The molecule has 0 saturated carbocycles. The summed E-state index contributed by atoms with van der Waals surface area (Å²) < 4.78 is 0. The minimum absolute atomic E-state index is 0.144. The lowest BCUT2D eigenvalue weighted by Gasteiger charge is -2.08. The Bertz CT molecular complexity index is 387. The molecule has 1 atom stereocenters. The minimum atomic E-state index is -1.05. The summed E-state index contributed by atoms with van der Waals surface area (Å²) in [4.78, 5) is 26.0. The highest BCUT2D eigenvalue weighted by atomic mass is 16.4. The molecule has 2 N–H and O–H groups in total. The molecule has 0 aromatic carbocycles. The third kappa shape index (κ3) is 3.68. The fourth-order valence-corrected chi connectivity index (χ4v) is 1.14. The van der Waals surface area contributed by atoms with Gasteiger partial charge in [-0.15, -0.1) is 0 Å². The molecule has 0 aliphatic carbocycles. The summed E-state index contributed by atoms with van der Waals surface area (Å²) in [5, 5.41) is 11.0. The quantitative estimate of drug-likeness (QED) is 0.778. The Hall–Kier alpha value is -1.91. The highest BCUT2D eigenvalue weighted by Gasteiger charge is 2.13. The molecule has 0 radical (unpaired) electrons. The van der Waals surface area contributed by atoms with Gasteiger partial charge in [-0.25, -0.2) is 0 Å². The van der Waals surface area contributed by atoms with E-state index in [1.54, 1.807) is 12.3 Å². The predicted octanol–water partition coefficient (Wildman–Crippen LogP) is 0.522. The number of nitrogens with one attached hydrogen (secondary N) is 1. The molecule has 1 aromatic rings. The van der Waals surface area contributed by atoms with Gasteiger partial charge in [0.1, 0.15) is 6.04 Å². The molecular weight excluding hydrogens is 208 g/mol. The summed E-state index contributed by atoms with van der Waals surface area (Å²) in [7, 11) is 0. The maximum atomic E-state index is 11.4. The first-order valence-electron chi connectivity index (χ1n) is 4.92. The number of carbonyl (C=O) groups is 2. The molecule has 0 spiro atoms. The second-order valence-corrected chi connectivity index (χ2v) is 3.61. The molecule has 1 amide bonds. The predicted molar refractivity (Wildman–Crippen MR) is 57.9 cm³/mol. The van der Waals surface area contributed by atoms with Gasteiger partial charge in [0.05, 0.1) is 6.42 Å². The van der Waals surface area contributed by atoms with E-state index in [0.29, 0.717) is 0 Å². The summed E-state index contributed by atoms with van der Waals surface area (Å²) in [6.07, 6.45) is 1.76. The van der Waals surface area contributed by atoms with Crippen LogP contribution in [0.25, 0.3) is 0 Å². The van der Waals surface area contributed by atoms with Crippen molar-refractivity contribution in [2.75, 3.05) is 0 Å². The first-order chi connectivity index (χ1) is 7.49. The number of aromatic nitrogens is 1. The lowest BCUT2D eigenvalue weighted by Crippen LogP contribution is -2.39. The van der Waals surface area contributed by atoms with E-state index in [4.69, 9.17) is 5.11 Å². The van der Waals surface area contributed by atoms with E-state index in [0.717, 1.165) is 11.3 Å². The number of rotatable bonds is 4. The molecule has 5 nitrogen and oxygen atoms in total. The van der Waals surface area contributed by atoms with Crippen molar-refractivity contribution in [3.8, 4) is 0 Å². The number of carbonyl (C=O) groups excluding carboxylic acids is 1. The number of pyridine rings is 1. The standard InChI is InChI=1S/C11H14N2O3/c1-7-3-4-9(6-12-7)5-10(14)13-8(2)11(15)16/h3-4,6,8H,5H2,1-2H3,(H,13,14)(H,15,16). The number of carboxylic acid groups (broad SMARTS) is 1. The lowest BCUT2D eigenvalue weighted by atomic mass is 10.2. The maximum Gasteiger partial charge on any atom is 0.325 e. The molecule has 0 bridgehead atoms. The average molecular weight is 222 g/mol. The van der Waals surface area contributed by atoms with E-state index >= 15 is 0 Å². The van der Waals surface area contributed by atoms with Crippen LogP contribution in [0.2, 0.25) is 0 Å². The second kappa shape index (κ2) is 5.25. The van der Waals surface area contributed by atoms with E-state index in [2.05, 4.69) is 10.3 Å². The SMILES string of the molecule is Cc1ccc(CC(=O)NC(C)C(=O)O)cn1. The van der Waals surface area contributed by atoms with E-state index in [9.17, 15) is 9.59 Å². The zero-order chi connectivity index (χ0) is 12.1. The van der Waals surface area contributed by atoms with Gasteiger partial charge in [0.15, 0.2) is 0 Å². The maximum absolute atomic E-state index is 11.4. The lowest BCUT2D eigenvalue weighted by molar-refractivity contribution is -0.141. The van der Waals surface area contributed by atoms with E-state index in [1.165, 1.54) is 6.92 Å². The molecule has 1 unspecified atom stereocenters. The van der Waals surface area contributed by atoms with Gasteiger partial charge in [-0.05, 0) is 25.5 Å². The Morgan fingerprint density at radius 1 is 1.50 bits per heavy atom. The highest BCUT2D eigenvalue weighted by Crippen LogP contribution is 2.00. The van der Waals surface area contributed by atoms with Crippen LogP contribution in [-0.2, 0) is 16.0 Å². The molecule has 1 heterocycles. The minimum Gasteiger partial charge on any atom is -0.480 e. The number of nitrogens with zero attached hydrogens (tertiary/aromatic N) is 1. The molecule has 86 valence electrons. The summed E-state index contributed by atoms with van der Waals surface area (Å²) in [6, 6.07) is 2.74. The van der Waals surface area contributed by atoms with Crippen molar-refractivity contribution >= 4 is 11.9 Å². The van der Waals surface area contributed by atoms with Gasteiger partial charge in [0.25, 0.3) is 0 Å². The summed E-state index contributed by atoms with van der Waals surface area (Å²) in [5.74, 6) is -1.36. The van der Waals surface area contributed by atoms with Gasteiger partial charge in [0.2, 0.25) is 5.91 Å². The number of hydrogen-bond donors (Lipinski definition) is 2. The largest absolute Gasteiger partial charge is 0.480 e. The number of aliphatic carboxylic acids is 1. The smallest absolute Gasteiger partial charge is 0.325 e. The van der Waals surface area contributed by atoms with Crippen LogP contribution >= 0.6 is 0 Å². The van der Waals surface area contributed by atoms with Crippen LogP contribution < -0.4 is 5.32 Å². The molecule has 1 aromatic heterocycles.